The lowest BCUT2D eigenvalue weighted by molar-refractivity contribution is -0.137. The van der Waals surface area contributed by atoms with Crippen LogP contribution in [0.25, 0.3) is 44.2 Å². The van der Waals surface area contributed by atoms with Crippen LogP contribution < -0.4 is 15.4 Å². The molecule has 64 heavy (non-hydrogen) atoms. The molecule has 3 aliphatic heterocycles. The standard InChI is InChI=1S/C48H50N8O8/c1-24(2)40(54-48(61)63-4)46(58)56-36-17-29(36)18-38(56)44-50-34-13-11-27-16-33-31-12-10-28(15-30(31)23-64-39(33)19-32(27)42(34)52-44)35-20-49-43(51-35)37-14-25(22-62-3)21-55(37)45(57)41(53-47(59)60)26-8-6-5-7-9-26/h5-13,15-16,19-20,24-25,29,36-38,40-41,53H,14,17-18,21-23H2,1-4H3,(H,49,51)(H,50,52)(H,54,61)(H,59,60)/t25-,29-,36-,37-,38-,40?,41?/m0/s1. The largest absolute Gasteiger partial charge is 0.488 e. The van der Waals surface area contributed by atoms with E-state index in [9.17, 15) is 24.3 Å². The van der Waals surface area contributed by atoms with Gasteiger partial charge in [-0.2, -0.15) is 0 Å². The van der Waals surface area contributed by atoms with E-state index in [-0.39, 0.29) is 35.7 Å². The number of hydrogen-bond donors (Lipinski definition) is 5. The number of likely N-dealkylation sites (tertiary alicyclic amines) is 2. The zero-order valence-corrected chi connectivity index (χ0v) is 36.0. The smallest absolute Gasteiger partial charge is 0.407 e. The van der Waals surface area contributed by atoms with Gasteiger partial charge in [-0.15, -0.1) is 0 Å². The Labute approximate surface area is 368 Å². The second-order valence-corrected chi connectivity index (χ2v) is 17.8. The third kappa shape index (κ3) is 7.34. The molecule has 7 atom stereocenters. The summed E-state index contributed by atoms with van der Waals surface area (Å²) in [6.07, 6.45) is 2.22. The Balaban J connectivity index is 0.910. The number of hydrogen-bond acceptors (Lipinski definition) is 9. The fourth-order valence-electron chi connectivity index (χ4n) is 10.2. The SMILES string of the molecule is COC[C@H]1C[C@@H](c2ncc(-c3ccc4c(c3)COc3cc5c(ccc6[nH]c([C@@H]7C[C@@H]8C[C@@H]8N7C(=O)C(NC(=O)OC)C(C)C)nc65)cc3-4)[nH]2)N(C(=O)C(NC(=O)O)c2ccccc2)C1. The molecule has 4 amide bonds. The van der Waals surface area contributed by atoms with E-state index in [0.29, 0.717) is 43.5 Å². The zero-order valence-electron chi connectivity index (χ0n) is 36.0. The summed E-state index contributed by atoms with van der Waals surface area (Å²) < 4.78 is 16.8. The number of amides is 4. The number of piperidine rings is 1. The van der Waals surface area contributed by atoms with Crippen molar-refractivity contribution in [2.24, 2.45) is 17.8 Å². The van der Waals surface area contributed by atoms with Crippen molar-refractivity contribution < 1.29 is 38.5 Å². The summed E-state index contributed by atoms with van der Waals surface area (Å²) in [6, 6.07) is 21.1. The molecule has 10 rings (SSSR count). The molecule has 3 fully saturated rings. The minimum absolute atomic E-state index is 0.0386. The number of nitrogens with one attached hydrogen (secondary N) is 4. The normalized spacial score (nSPS) is 21.8. The Morgan fingerprint density at radius 2 is 1.73 bits per heavy atom. The first-order valence-corrected chi connectivity index (χ1v) is 21.8. The summed E-state index contributed by atoms with van der Waals surface area (Å²) in [6.45, 7) is 5.03. The van der Waals surface area contributed by atoms with Crippen molar-refractivity contribution in [2.45, 2.75) is 69.9 Å². The van der Waals surface area contributed by atoms with Crippen LogP contribution in [0.4, 0.5) is 9.59 Å². The van der Waals surface area contributed by atoms with E-state index >= 15 is 0 Å². The monoisotopic (exact) mass is 866 g/mol. The number of carbonyl (C=O) groups is 4. The van der Waals surface area contributed by atoms with Crippen molar-refractivity contribution >= 4 is 45.8 Å². The molecule has 2 saturated heterocycles. The maximum Gasteiger partial charge on any atom is 0.407 e. The van der Waals surface area contributed by atoms with E-state index in [2.05, 4.69) is 57.0 Å². The summed E-state index contributed by atoms with van der Waals surface area (Å²) >= 11 is 0. The van der Waals surface area contributed by atoms with Crippen LogP contribution in [0.1, 0.15) is 74.0 Å². The van der Waals surface area contributed by atoms with Gasteiger partial charge >= 0.3 is 12.2 Å². The van der Waals surface area contributed by atoms with Gasteiger partial charge in [0.05, 0.1) is 48.7 Å². The molecule has 16 nitrogen and oxygen atoms in total. The first-order chi connectivity index (χ1) is 31.0. The highest BCUT2D eigenvalue weighted by molar-refractivity contribution is 6.07. The Morgan fingerprint density at radius 1 is 0.906 bits per heavy atom. The van der Waals surface area contributed by atoms with Gasteiger partial charge in [0.25, 0.3) is 5.91 Å². The van der Waals surface area contributed by atoms with Gasteiger partial charge in [-0.25, -0.2) is 19.6 Å². The van der Waals surface area contributed by atoms with Crippen molar-refractivity contribution in [1.29, 1.82) is 0 Å². The van der Waals surface area contributed by atoms with E-state index in [4.69, 9.17) is 24.2 Å². The second kappa shape index (κ2) is 16.3. The van der Waals surface area contributed by atoms with Crippen LogP contribution in [0.15, 0.2) is 79.0 Å². The number of benzene rings is 4. The molecule has 16 heteroatoms. The molecule has 0 spiro atoms. The molecule has 330 valence electrons. The average Bonchev–Trinajstić information content (AvgIpc) is 3.76. The molecule has 1 aliphatic carbocycles. The molecule has 1 saturated carbocycles. The van der Waals surface area contributed by atoms with Crippen LogP contribution in [0.5, 0.6) is 5.75 Å². The molecule has 4 aliphatic rings. The first kappa shape index (κ1) is 41.1. The van der Waals surface area contributed by atoms with Gasteiger partial charge < -0.3 is 49.7 Å². The lowest BCUT2D eigenvalue weighted by atomic mass is 9.92. The molecule has 4 aromatic carbocycles. The molecular formula is C48H50N8O8. The Morgan fingerprint density at radius 3 is 2.50 bits per heavy atom. The second-order valence-electron chi connectivity index (χ2n) is 17.8. The number of alkyl carbamates (subject to hydrolysis) is 1. The molecule has 2 unspecified atom stereocenters. The lowest BCUT2D eigenvalue weighted by Crippen LogP contribution is -2.52. The summed E-state index contributed by atoms with van der Waals surface area (Å²) in [4.78, 5) is 72.7. The lowest BCUT2D eigenvalue weighted by Gasteiger charge is -2.31. The Hall–Kier alpha value is -6.94. The van der Waals surface area contributed by atoms with Crippen LogP contribution in [0.2, 0.25) is 0 Å². The van der Waals surface area contributed by atoms with Crippen molar-refractivity contribution in [3.63, 3.8) is 0 Å². The molecule has 6 aromatic rings. The van der Waals surface area contributed by atoms with Crippen LogP contribution in [-0.4, -0.2) is 98.3 Å². The number of aromatic nitrogens is 4. The number of carbonyl (C=O) groups excluding carboxylic acids is 3. The maximum absolute atomic E-state index is 14.1. The minimum atomic E-state index is -1.28. The highest BCUT2D eigenvalue weighted by Crippen LogP contribution is 2.54. The summed E-state index contributed by atoms with van der Waals surface area (Å²) in [7, 11) is 2.93. The fraction of sp³-hybridized carbons (Fsp3) is 0.375. The van der Waals surface area contributed by atoms with Gasteiger partial charge in [0.1, 0.15) is 36.1 Å². The quantitative estimate of drug-likeness (QED) is 0.0882. The molecule has 2 aromatic heterocycles. The van der Waals surface area contributed by atoms with Gasteiger partial charge in [-0.1, -0.05) is 62.4 Å². The minimum Gasteiger partial charge on any atom is -0.488 e. The van der Waals surface area contributed by atoms with E-state index in [1.165, 1.54) is 7.11 Å². The topological polar surface area (TPSA) is 204 Å². The van der Waals surface area contributed by atoms with E-state index in [1.807, 2.05) is 30.9 Å². The molecule has 0 radical (unpaired) electrons. The number of imidazole rings is 2. The number of methoxy groups -OCH3 is 2. The Bertz CT molecular complexity index is 2800. The van der Waals surface area contributed by atoms with Gasteiger partial charge in [0.2, 0.25) is 5.91 Å². The Kier molecular flexibility index (Phi) is 10.5. The number of fused-ring (bicyclic) bond motifs is 7. The maximum atomic E-state index is 14.1. The van der Waals surface area contributed by atoms with E-state index in [0.717, 1.165) is 74.2 Å². The van der Waals surface area contributed by atoms with Gasteiger partial charge in [-0.05, 0) is 83.0 Å². The van der Waals surface area contributed by atoms with Crippen LogP contribution in [0, 0.1) is 17.8 Å². The number of carboxylic acid groups (broad SMARTS) is 1. The van der Waals surface area contributed by atoms with Crippen LogP contribution in [0.3, 0.4) is 0 Å². The predicted octanol–water partition coefficient (Wildman–Crippen LogP) is 7.25. The molecular weight excluding hydrogens is 817 g/mol. The van der Waals surface area contributed by atoms with Crippen molar-refractivity contribution in [2.75, 3.05) is 27.4 Å². The summed E-state index contributed by atoms with van der Waals surface area (Å²) in [5, 5.41) is 16.8. The van der Waals surface area contributed by atoms with Gasteiger partial charge in [0, 0.05) is 36.6 Å². The van der Waals surface area contributed by atoms with Crippen LogP contribution in [-0.2, 0) is 25.7 Å². The van der Waals surface area contributed by atoms with Crippen molar-refractivity contribution in [1.82, 2.24) is 40.4 Å². The summed E-state index contributed by atoms with van der Waals surface area (Å²) in [5.41, 5.74) is 6.97. The fourth-order valence-corrected chi connectivity index (χ4v) is 10.2. The van der Waals surface area contributed by atoms with E-state index < -0.39 is 30.3 Å². The average molecular weight is 867 g/mol. The van der Waals surface area contributed by atoms with Crippen molar-refractivity contribution in [3.8, 4) is 28.1 Å². The summed E-state index contributed by atoms with van der Waals surface area (Å²) in [5.74, 6) is 1.95. The zero-order chi connectivity index (χ0) is 44.4. The van der Waals surface area contributed by atoms with Gasteiger partial charge in [-0.3, -0.25) is 9.59 Å². The molecule has 5 N–H and O–H groups in total. The van der Waals surface area contributed by atoms with Crippen LogP contribution >= 0.6 is 0 Å². The van der Waals surface area contributed by atoms with Crippen molar-refractivity contribution in [3.05, 3.63) is 102 Å². The number of aromatic amines is 2. The molecule has 0 bridgehead atoms. The number of ether oxygens (including phenoxy) is 3. The number of rotatable bonds is 11. The predicted molar refractivity (Wildman–Crippen MR) is 236 cm³/mol. The van der Waals surface area contributed by atoms with Gasteiger partial charge in [0.15, 0.2) is 0 Å². The third-order valence-corrected chi connectivity index (χ3v) is 13.4. The first-order valence-electron chi connectivity index (χ1n) is 21.8. The molecule has 5 heterocycles. The third-order valence-electron chi connectivity index (χ3n) is 13.4. The highest BCUT2D eigenvalue weighted by Gasteiger charge is 2.56. The highest BCUT2D eigenvalue weighted by atomic mass is 16.5. The number of nitrogens with zero attached hydrogens (tertiary/aromatic N) is 4. The number of H-pyrrole nitrogens is 2. The van der Waals surface area contributed by atoms with E-state index in [1.54, 1.807) is 42.5 Å².